The molecule has 2 heterocycles. The van der Waals surface area contributed by atoms with Crippen molar-refractivity contribution in [2.75, 3.05) is 0 Å². The summed E-state index contributed by atoms with van der Waals surface area (Å²) in [6.07, 6.45) is 0. The Morgan fingerprint density at radius 3 is 2.54 bits per heavy atom. The van der Waals surface area contributed by atoms with Crippen LogP contribution in [0.2, 0.25) is 0 Å². The average Bonchev–Trinajstić information content (AvgIpc) is 3.07. The highest BCUT2D eigenvalue weighted by Gasteiger charge is 2.17. The predicted molar refractivity (Wildman–Crippen MR) is 112 cm³/mol. The molecule has 0 saturated heterocycles. The van der Waals surface area contributed by atoms with Crippen LogP contribution in [0.25, 0.3) is 32.1 Å². The van der Waals surface area contributed by atoms with Crippen molar-refractivity contribution >= 4 is 44.7 Å². The first-order chi connectivity index (χ1) is 12.0. The maximum Gasteiger partial charge on any atom is 0.266 e. The summed E-state index contributed by atoms with van der Waals surface area (Å²) in [4.78, 5) is 15.3. The molecule has 0 saturated carbocycles. The van der Waals surface area contributed by atoms with Gasteiger partial charge in [-0.3, -0.25) is 4.79 Å². The van der Waals surface area contributed by atoms with Gasteiger partial charge in [0.05, 0.1) is 5.52 Å². The van der Waals surface area contributed by atoms with Gasteiger partial charge in [-0.2, -0.15) is 0 Å². The number of aryl methyl sites for hydroxylation is 1. The molecule has 4 rings (SSSR count). The standard InChI is InChI=1S/C20H18N2O2S.ClH/c1-10-9-15(23)16(13-5-3-12(4-6-13)11(2)21)17-14-7-8-25-19(14)20(24)22-18(10)17;/h3-9,11,23H,21H2,1-2H3,(H,22,24);1H/t11-;/m1./s1. The van der Waals surface area contributed by atoms with Crippen LogP contribution in [0.15, 0.2) is 46.6 Å². The number of phenols is 1. The van der Waals surface area contributed by atoms with Crippen LogP contribution in [0.1, 0.15) is 24.1 Å². The van der Waals surface area contributed by atoms with Gasteiger partial charge < -0.3 is 15.8 Å². The zero-order valence-corrected chi connectivity index (χ0v) is 16.0. The molecule has 0 spiro atoms. The maximum absolute atomic E-state index is 12.3. The van der Waals surface area contributed by atoms with Crippen molar-refractivity contribution in [1.29, 1.82) is 0 Å². The smallest absolute Gasteiger partial charge is 0.266 e. The van der Waals surface area contributed by atoms with E-state index in [0.29, 0.717) is 4.70 Å². The van der Waals surface area contributed by atoms with E-state index in [1.54, 1.807) is 6.07 Å². The number of pyridine rings is 1. The number of nitrogens with two attached hydrogens (primary N) is 1. The summed E-state index contributed by atoms with van der Waals surface area (Å²) in [5, 5.41) is 14.3. The molecule has 4 N–H and O–H groups in total. The van der Waals surface area contributed by atoms with Crippen molar-refractivity contribution in [3.8, 4) is 16.9 Å². The Morgan fingerprint density at radius 1 is 1.19 bits per heavy atom. The molecule has 134 valence electrons. The van der Waals surface area contributed by atoms with Crippen molar-refractivity contribution in [3.05, 3.63) is 63.3 Å². The van der Waals surface area contributed by atoms with Gasteiger partial charge in [0.1, 0.15) is 10.4 Å². The van der Waals surface area contributed by atoms with E-state index in [1.807, 2.05) is 49.6 Å². The number of hydrogen-bond acceptors (Lipinski definition) is 4. The second kappa shape index (κ2) is 6.76. The average molecular weight is 387 g/mol. The Bertz CT molecular complexity index is 1160. The first-order valence-corrected chi connectivity index (χ1v) is 8.97. The number of hydrogen-bond donors (Lipinski definition) is 3. The minimum absolute atomic E-state index is 0. The summed E-state index contributed by atoms with van der Waals surface area (Å²) >= 11 is 1.41. The number of fused-ring (bicyclic) bond motifs is 3. The zero-order valence-electron chi connectivity index (χ0n) is 14.4. The molecule has 0 bridgehead atoms. The van der Waals surface area contributed by atoms with Gasteiger partial charge >= 0.3 is 0 Å². The summed E-state index contributed by atoms with van der Waals surface area (Å²) in [5.41, 5.74) is 10.1. The van der Waals surface area contributed by atoms with Gasteiger partial charge in [-0.1, -0.05) is 24.3 Å². The van der Waals surface area contributed by atoms with E-state index < -0.39 is 0 Å². The lowest BCUT2D eigenvalue weighted by Crippen LogP contribution is -2.06. The van der Waals surface area contributed by atoms with Crippen LogP contribution >= 0.6 is 23.7 Å². The molecule has 2 aromatic carbocycles. The van der Waals surface area contributed by atoms with Gasteiger partial charge in [-0.05, 0) is 48.1 Å². The van der Waals surface area contributed by atoms with E-state index in [-0.39, 0.29) is 29.8 Å². The number of H-pyrrole nitrogens is 1. The molecule has 6 heteroatoms. The van der Waals surface area contributed by atoms with Gasteiger partial charge in [0.15, 0.2) is 0 Å². The predicted octanol–water partition coefficient (Wildman–Crippen LogP) is 4.87. The fourth-order valence-corrected chi connectivity index (χ4v) is 4.12. The number of rotatable bonds is 2. The van der Waals surface area contributed by atoms with Crippen molar-refractivity contribution in [2.24, 2.45) is 5.73 Å². The fourth-order valence-electron chi connectivity index (χ4n) is 3.33. The normalized spacial score (nSPS) is 12.3. The number of aromatic hydroxyl groups is 1. The number of halogens is 1. The molecule has 0 unspecified atom stereocenters. The molecule has 4 aromatic rings. The molecule has 2 aromatic heterocycles. The van der Waals surface area contributed by atoms with Gasteiger partial charge in [0, 0.05) is 22.4 Å². The SMILES string of the molecule is Cc1cc(O)c(-c2ccc([C@@H](C)N)cc2)c2c1[nH]c(=O)c1sccc12.Cl. The van der Waals surface area contributed by atoms with Crippen LogP contribution in [-0.4, -0.2) is 10.1 Å². The van der Waals surface area contributed by atoms with Crippen LogP contribution in [0, 0.1) is 6.92 Å². The summed E-state index contributed by atoms with van der Waals surface area (Å²) in [6.45, 7) is 3.83. The lowest BCUT2D eigenvalue weighted by Gasteiger charge is -2.14. The van der Waals surface area contributed by atoms with Gasteiger partial charge in [-0.15, -0.1) is 23.7 Å². The molecule has 4 nitrogen and oxygen atoms in total. The highest BCUT2D eigenvalue weighted by atomic mass is 35.5. The highest BCUT2D eigenvalue weighted by molar-refractivity contribution is 7.17. The zero-order chi connectivity index (χ0) is 17.7. The maximum atomic E-state index is 12.3. The second-order valence-corrected chi connectivity index (χ2v) is 7.28. The Morgan fingerprint density at radius 2 is 1.88 bits per heavy atom. The van der Waals surface area contributed by atoms with E-state index in [0.717, 1.165) is 38.5 Å². The molecular formula is C20H19ClN2O2S. The summed E-state index contributed by atoms with van der Waals surface area (Å²) in [7, 11) is 0. The largest absolute Gasteiger partial charge is 0.507 e. The molecule has 0 radical (unpaired) electrons. The van der Waals surface area contributed by atoms with Crippen molar-refractivity contribution in [3.63, 3.8) is 0 Å². The Labute approximate surface area is 160 Å². The van der Waals surface area contributed by atoms with E-state index in [1.165, 1.54) is 11.3 Å². The number of benzene rings is 2. The number of thiophene rings is 1. The molecule has 0 aliphatic rings. The van der Waals surface area contributed by atoms with E-state index in [9.17, 15) is 9.90 Å². The first kappa shape index (κ1) is 18.5. The quantitative estimate of drug-likeness (QED) is 0.460. The Balaban J connectivity index is 0.00000196. The van der Waals surface area contributed by atoms with E-state index in [4.69, 9.17) is 5.73 Å². The molecule has 0 amide bonds. The van der Waals surface area contributed by atoms with Crippen molar-refractivity contribution < 1.29 is 5.11 Å². The third kappa shape index (κ3) is 2.78. The van der Waals surface area contributed by atoms with Crippen LogP contribution in [0.3, 0.4) is 0 Å². The van der Waals surface area contributed by atoms with Crippen LogP contribution in [0.5, 0.6) is 5.75 Å². The van der Waals surface area contributed by atoms with Gasteiger partial charge in [0.25, 0.3) is 5.56 Å². The monoisotopic (exact) mass is 386 g/mol. The third-order valence-corrected chi connectivity index (χ3v) is 5.52. The number of nitrogens with one attached hydrogen (secondary N) is 1. The lowest BCUT2D eigenvalue weighted by atomic mass is 9.94. The number of phenolic OH excluding ortho intramolecular Hbond substituents is 1. The molecular weight excluding hydrogens is 368 g/mol. The molecule has 0 aliphatic heterocycles. The van der Waals surface area contributed by atoms with E-state index >= 15 is 0 Å². The van der Waals surface area contributed by atoms with Crippen LogP contribution in [0.4, 0.5) is 0 Å². The lowest BCUT2D eigenvalue weighted by molar-refractivity contribution is 0.477. The van der Waals surface area contributed by atoms with E-state index in [2.05, 4.69) is 4.98 Å². The first-order valence-electron chi connectivity index (χ1n) is 8.09. The topological polar surface area (TPSA) is 79.1 Å². The Kier molecular flexibility index (Phi) is 4.80. The number of aromatic nitrogens is 1. The Hall–Kier alpha value is -2.34. The minimum Gasteiger partial charge on any atom is -0.507 e. The third-order valence-electron chi connectivity index (χ3n) is 4.61. The molecule has 26 heavy (non-hydrogen) atoms. The molecule has 0 fully saturated rings. The summed E-state index contributed by atoms with van der Waals surface area (Å²) in [6, 6.07) is 11.5. The van der Waals surface area contributed by atoms with Crippen LogP contribution < -0.4 is 11.3 Å². The van der Waals surface area contributed by atoms with Gasteiger partial charge in [0.2, 0.25) is 0 Å². The number of aromatic amines is 1. The fraction of sp³-hybridized carbons (Fsp3) is 0.150. The van der Waals surface area contributed by atoms with Crippen molar-refractivity contribution in [1.82, 2.24) is 4.98 Å². The summed E-state index contributed by atoms with van der Waals surface area (Å²) < 4.78 is 0.672. The van der Waals surface area contributed by atoms with Crippen molar-refractivity contribution in [2.45, 2.75) is 19.9 Å². The summed E-state index contributed by atoms with van der Waals surface area (Å²) in [5.74, 6) is 0.207. The molecule has 1 atom stereocenters. The molecule has 0 aliphatic carbocycles. The minimum atomic E-state index is -0.0930. The van der Waals surface area contributed by atoms with Crippen LogP contribution in [-0.2, 0) is 0 Å². The second-order valence-electron chi connectivity index (χ2n) is 6.37. The highest BCUT2D eigenvalue weighted by Crippen LogP contribution is 2.41. The van der Waals surface area contributed by atoms with Gasteiger partial charge in [-0.25, -0.2) is 0 Å².